The summed E-state index contributed by atoms with van der Waals surface area (Å²) in [5.41, 5.74) is 5.98. The standard InChI is InChI=1S/C35H41N7O2/c43-32(22-26-5-6-31-30(21-26)34(39-38-31)29-7-12-36-13-8-29)35(24-40-19-14-37-15-20-40)11-18-41(25-35)23-33(44)42-16-9-28(10-17-42)27-3-1-2-4-27/h1,3-9,12-13,21,37H,2,10-11,14-20,22-25H2,(H,38,39). The van der Waals surface area contributed by atoms with Crippen molar-refractivity contribution in [3.8, 4) is 11.3 Å². The Hall–Kier alpha value is -3.92. The molecule has 44 heavy (non-hydrogen) atoms. The van der Waals surface area contributed by atoms with E-state index in [1.54, 1.807) is 12.4 Å². The van der Waals surface area contributed by atoms with E-state index in [9.17, 15) is 9.59 Å². The topological polar surface area (TPSA) is 97.5 Å². The van der Waals surface area contributed by atoms with Crippen molar-refractivity contribution in [2.45, 2.75) is 25.7 Å². The van der Waals surface area contributed by atoms with Crippen LogP contribution in [-0.2, 0) is 16.0 Å². The number of carbonyl (C=O) groups is 2. The van der Waals surface area contributed by atoms with Crippen molar-refractivity contribution in [3.63, 3.8) is 0 Å². The first-order valence-corrected chi connectivity index (χ1v) is 16.0. The first-order valence-electron chi connectivity index (χ1n) is 16.0. The largest absolute Gasteiger partial charge is 0.338 e. The summed E-state index contributed by atoms with van der Waals surface area (Å²) < 4.78 is 0. The fraction of sp³-hybridized carbons (Fsp3) is 0.429. The Balaban J connectivity index is 1.06. The van der Waals surface area contributed by atoms with E-state index in [1.165, 1.54) is 11.1 Å². The van der Waals surface area contributed by atoms with Crippen LogP contribution in [0, 0.1) is 5.41 Å². The summed E-state index contributed by atoms with van der Waals surface area (Å²) in [6.07, 6.45) is 15.4. The molecule has 0 spiro atoms. The molecular formula is C35H41N7O2. The molecule has 1 aromatic carbocycles. The zero-order chi connectivity index (χ0) is 29.9. The van der Waals surface area contributed by atoms with E-state index < -0.39 is 5.41 Å². The lowest BCUT2D eigenvalue weighted by molar-refractivity contribution is -0.133. The zero-order valence-electron chi connectivity index (χ0n) is 25.3. The highest BCUT2D eigenvalue weighted by Crippen LogP contribution is 2.35. The van der Waals surface area contributed by atoms with Gasteiger partial charge in [-0.15, -0.1) is 0 Å². The van der Waals surface area contributed by atoms with Gasteiger partial charge >= 0.3 is 0 Å². The normalized spacial score (nSPS) is 22.9. The van der Waals surface area contributed by atoms with E-state index in [0.717, 1.165) is 92.8 Å². The smallest absolute Gasteiger partial charge is 0.237 e. The van der Waals surface area contributed by atoms with Gasteiger partial charge in [-0.3, -0.25) is 29.5 Å². The molecule has 1 atom stereocenters. The van der Waals surface area contributed by atoms with Crippen LogP contribution in [0.4, 0.5) is 0 Å². The van der Waals surface area contributed by atoms with E-state index in [0.29, 0.717) is 26.1 Å². The van der Waals surface area contributed by atoms with Crippen LogP contribution in [0.1, 0.15) is 24.8 Å². The number of H-pyrrole nitrogens is 1. The van der Waals surface area contributed by atoms with E-state index in [1.807, 2.05) is 29.2 Å². The minimum atomic E-state index is -0.493. The maximum Gasteiger partial charge on any atom is 0.237 e. The number of rotatable bonds is 9. The molecule has 9 heteroatoms. The molecule has 2 fully saturated rings. The van der Waals surface area contributed by atoms with E-state index >= 15 is 0 Å². The number of benzene rings is 1. The van der Waals surface area contributed by atoms with Crippen LogP contribution in [0.5, 0.6) is 0 Å². The average molecular weight is 592 g/mol. The number of amides is 1. The van der Waals surface area contributed by atoms with Crippen molar-refractivity contribution in [2.24, 2.45) is 5.41 Å². The molecule has 2 N–H and O–H groups in total. The number of Topliss-reactive ketones (excluding diaryl/α,β-unsaturated/α-hetero) is 1. The summed E-state index contributed by atoms with van der Waals surface area (Å²) in [4.78, 5) is 38.5. The van der Waals surface area contributed by atoms with Crippen LogP contribution in [0.15, 0.2) is 78.2 Å². The van der Waals surface area contributed by atoms with Crippen molar-refractivity contribution < 1.29 is 9.59 Å². The highest BCUT2D eigenvalue weighted by molar-refractivity contribution is 5.95. The van der Waals surface area contributed by atoms with Gasteiger partial charge in [-0.1, -0.05) is 30.4 Å². The van der Waals surface area contributed by atoms with Crippen LogP contribution < -0.4 is 5.32 Å². The Kier molecular flexibility index (Phi) is 8.25. The van der Waals surface area contributed by atoms with Crippen molar-refractivity contribution in [1.82, 2.24) is 35.2 Å². The quantitative estimate of drug-likeness (QED) is 0.394. The Labute approximate surface area is 258 Å². The fourth-order valence-corrected chi connectivity index (χ4v) is 7.25. The third-order valence-corrected chi connectivity index (χ3v) is 9.77. The highest BCUT2D eigenvalue weighted by Gasteiger charge is 2.45. The minimum Gasteiger partial charge on any atom is -0.338 e. The Morgan fingerprint density at radius 2 is 1.84 bits per heavy atom. The number of nitrogens with zero attached hydrogens (tertiary/aromatic N) is 5. The third kappa shape index (κ3) is 6.04. The molecular weight excluding hydrogens is 550 g/mol. The Morgan fingerprint density at radius 3 is 2.61 bits per heavy atom. The number of hydrogen-bond donors (Lipinski definition) is 2. The summed E-state index contributed by atoms with van der Waals surface area (Å²) in [5.74, 6) is 0.429. The summed E-state index contributed by atoms with van der Waals surface area (Å²) >= 11 is 0. The van der Waals surface area contributed by atoms with Crippen LogP contribution in [-0.4, -0.2) is 107 Å². The van der Waals surface area contributed by atoms with Crippen LogP contribution in [0.2, 0.25) is 0 Å². The summed E-state index contributed by atoms with van der Waals surface area (Å²) in [6.45, 7) is 7.70. The number of hydrogen-bond acceptors (Lipinski definition) is 7. The number of aromatic nitrogens is 3. The van der Waals surface area contributed by atoms with E-state index in [4.69, 9.17) is 0 Å². The molecule has 0 radical (unpaired) electrons. The van der Waals surface area contributed by atoms with Crippen LogP contribution in [0.25, 0.3) is 22.2 Å². The number of pyridine rings is 1. The summed E-state index contributed by atoms with van der Waals surface area (Å²) in [7, 11) is 0. The average Bonchev–Trinajstić information content (AvgIpc) is 3.83. The second-order valence-corrected chi connectivity index (χ2v) is 12.7. The van der Waals surface area contributed by atoms with Gasteiger partial charge in [0.2, 0.25) is 5.91 Å². The first kappa shape index (κ1) is 28.8. The molecule has 3 aliphatic heterocycles. The summed E-state index contributed by atoms with van der Waals surface area (Å²) in [5, 5.41) is 12.1. The van der Waals surface area contributed by atoms with Crippen LogP contribution >= 0.6 is 0 Å². The number of allylic oxidation sites excluding steroid dienone is 4. The Bertz CT molecular complexity index is 1620. The second kappa shape index (κ2) is 12.6. The predicted molar refractivity (Wildman–Crippen MR) is 172 cm³/mol. The van der Waals surface area contributed by atoms with Gasteiger partial charge in [0.15, 0.2) is 0 Å². The number of aromatic amines is 1. The molecule has 5 heterocycles. The number of ketones is 1. The number of piperazine rings is 1. The maximum absolute atomic E-state index is 14.3. The van der Waals surface area contributed by atoms with Crippen molar-refractivity contribution in [1.29, 1.82) is 0 Å². The second-order valence-electron chi connectivity index (χ2n) is 12.7. The zero-order valence-corrected chi connectivity index (χ0v) is 25.3. The molecule has 3 aromatic rings. The monoisotopic (exact) mass is 591 g/mol. The maximum atomic E-state index is 14.3. The third-order valence-electron chi connectivity index (χ3n) is 9.77. The first-order chi connectivity index (χ1) is 21.6. The number of fused-ring (bicyclic) bond motifs is 1. The van der Waals surface area contributed by atoms with Crippen LogP contribution in [0.3, 0.4) is 0 Å². The lowest BCUT2D eigenvalue weighted by Crippen LogP contribution is -2.52. The lowest BCUT2D eigenvalue weighted by Gasteiger charge is -2.37. The molecule has 2 aromatic heterocycles. The minimum absolute atomic E-state index is 0.163. The molecule has 2 saturated heterocycles. The van der Waals surface area contributed by atoms with Gasteiger partial charge < -0.3 is 10.2 Å². The van der Waals surface area contributed by atoms with Gasteiger partial charge in [0.1, 0.15) is 11.5 Å². The molecule has 1 aliphatic carbocycles. The molecule has 4 aliphatic rings. The van der Waals surface area contributed by atoms with Crippen molar-refractivity contribution >= 4 is 22.6 Å². The predicted octanol–water partition coefficient (Wildman–Crippen LogP) is 3.38. The van der Waals surface area contributed by atoms with Crippen molar-refractivity contribution in [3.05, 3.63) is 83.7 Å². The highest BCUT2D eigenvalue weighted by atomic mass is 16.2. The Morgan fingerprint density at radius 1 is 0.977 bits per heavy atom. The van der Waals surface area contributed by atoms with Gasteiger partial charge in [-0.2, -0.15) is 5.10 Å². The van der Waals surface area contributed by atoms with E-state index in [2.05, 4.69) is 60.7 Å². The summed E-state index contributed by atoms with van der Waals surface area (Å²) in [6, 6.07) is 10.1. The molecule has 0 bridgehead atoms. The van der Waals surface area contributed by atoms with Gasteiger partial charge in [0.05, 0.1) is 17.5 Å². The molecule has 1 unspecified atom stereocenters. The SMILES string of the molecule is O=C(CN1CCC(CN2CCNCC2)(C(=O)Cc2ccc3[nH]nc(-c4ccncc4)c3c2)C1)N1CC=C(C2=CCC=C2)CC1. The molecule has 228 valence electrons. The number of nitrogens with one attached hydrogen (secondary N) is 2. The number of likely N-dealkylation sites (tertiary alicyclic amines) is 1. The van der Waals surface area contributed by atoms with E-state index in [-0.39, 0.29) is 11.7 Å². The molecule has 9 nitrogen and oxygen atoms in total. The van der Waals surface area contributed by atoms with Gasteiger partial charge in [-0.25, -0.2) is 0 Å². The van der Waals surface area contributed by atoms with Gasteiger partial charge in [0, 0.05) is 82.1 Å². The number of carbonyl (C=O) groups excluding carboxylic acids is 2. The van der Waals surface area contributed by atoms with Gasteiger partial charge in [-0.05, 0) is 66.8 Å². The molecule has 0 saturated carbocycles. The molecule has 7 rings (SSSR count). The lowest BCUT2D eigenvalue weighted by atomic mass is 9.79. The van der Waals surface area contributed by atoms with Gasteiger partial charge in [0.25, 0.3) is 0 Å². The van der Waals surface area contributed by atoms with Crippen molar-refractivity contribution in [2.75, 3.05) is 65.4 Å². The fourth-order valence-electron chi connectivity index (χ4n) is 7.25. The molecule has 1 amide bonds.